The minimum atomic E-state index is 0.203. The summed E-state index contributed by atoms with van der Waals surface area (Å²) in [5, 5.41) is 0. The Bertz CT molecular complexity index is 128. The summed E-state index contributed by atoms with van der Waals surface area (Å²) in [7, 11) is 0. The van der Waals surface area contributed by atoms with Gasteiger partial charge >= 0.3 is 0 Å². The fraction of sp³-hybridized carbons (Fsp3) is 1.00. The average Bonchev–Trinajstić information content (AvgIpc) is 2.88. The molecule has 0 aromatic rings. The van der Waals surface area contributed by atoms with E-state index in [4.69, 9.17) is 10.5 Å². The van der Waals surface area contributed by atoms with Gasteiger partial charge in [0, 0.05) is 12.0 Å². The van der Waals surface area contributed by atoms with Gasteiger partial charge in [0.1, 0.15) is 0 Å². The molecule has 1 unspecified atom stereocenters. The van der Waals surface area contributed by atoms with Gasteiger partial charge in [-0.2, -0.15) is 0 Å². The van der Waals surface area contributed by atoms with Crippen LogP contribution in [0.1, 0.15) is 33.1 Å². The molecule has 0 saturated heterocycles. The highest BCUT2D eigenvalue weighted by molar-refractivity contribution is 4.75. The van der Waals surface area contributed by atoms with Crippen molar-refractivity contribution in [3.8, 4) is 0 Å². The Balaban J connectivity index is 2.08. The van der Waals surface area contributed by atoms with Crippen molar-refractivity contribution in [1.82, 2.24) is 0 Å². The molecule has 12 heavy (non-hydrogen) atoms. The van der Waals surface area contributed by atoms with Gasteiger partial charge in [-0.25, -0.2) is 0 Å². The van der Waals surface area contributed by atoms with Crippen LogP contribution in [0.25, 0.3) is 0 Å². The van der Waals surface area contributed by atoms with Gasteiger partial charge in [0.05, 0.1) is 6.61 Å². The van der Waals surface area contributed by atoms with Crippen molar-refractivity contribution in [3.05, 3.63) is 0 Å². The zero-order valence-electron chi connectivity index (χ0n) is 8.31. The van der Waals surface area contributed by atoms with Gasteiger partial charge in [-0.1, -0.05) is 13.8 Å². The first kappa shape index (κ1) is 10.0. The second kappa shape index (κ2) is 4.24. The fourth-order valence-corrected chi connectivity index (χ4v) is 1.06. The maximum Gasteiger partial charge on any atom is 0.0531 e. The van der Waals surface area contributed by atoms with Crippen molar-refractivity contribution in [2.24, 2.45) is 17.1 Å². The summed E-state index contributed by atoms with van der Waals surface area (Å²) < 4.78 is 5.62. The first-order valence-electron chi connectivity index (χ1n) is 4.98. The molecule has 1 atom stereocenters. The van der Waals surface area contributed by atoms with Crippen LogP contribution in [0, 0.1) is 11.3 Å². The standard InChI is InChI=1S/C10H21NO/c1-3-10(2,7-11)8-12-6-9-4-5-9/h9H,3-8,11H2,1-2H3. The molecule has 0 aliphatic heterocycles. The zero-order valence-corrected chi connectivity index (χ0v) is 8.31. The lowest BCUT2D eigenvalue weighted by atomic mass is 9.89. The molecule has 0 radical (unpaired) electrons. The smallest absolute Gasteiger partial charge is 0.0531 e. The SMILES string of the molecule is CCC(C)(CN)COCC1CC1. The van der Waals surface area contributed by atoms with Gasteiger partial charge in [0.15, 0.2) is 0 Å². The molecule has 1 fully saturated rings. The quantitative estimate of drug-likeness (QED) is 0.661. The summed E-state index contributed by atoms with van der Waals surface area (Å²) in [5.41, 5.74) is 5.87. The highest BCUT2D eigenvalue weighted by atomic mass is 16.5. The monoisotopic (exact) mass is 171 g/mol. The molecule has 1 aliphatic rings. The normalized spacial score (nSPS) is 22.2. The number of rotatable bonds is 6. The number of nitrogens with two attached hydrogens (primary N) is 1. The Morgan fingerprint density at radius 2 is 2.17 bits per heavy atom. The second-order valence-corrected chi connectivity index (χ2v) is 4.33. The second-order valence-electron chi connectivity index (χ2n) is 4.33. The van der Waals surface area contributed by atoms with Gasteiger partial charge in [0.2, 0.25) is 0 Å². The topological polar surface area (TPSA) is 35.2 Å². The minimum absolute atomic E-state index is 0.203. The molecule has 72 valence electrons. The average molecular weight is 171 g/mol. The van der Waals surface area contributed by atoms with E-state index < -0.39 is 0 Å². The van der Waals surface area contributed by atoms with Crippen LogP contribution in [0.3, 0.4) is 0 Å². The first-order valence-corrected chi connectivity index (χ1v) is 4.98. The van der Waals surface area contributed by atoms with Crippen LogP contribution in [-0.2, 0) is 4.74 Å². The Morgan fingerprint density at radius 1 is 1.50 bits per heavy atom. The molecule has 0 bridgehead atoms. The van der Waals surface area contributed by atoms with E-state index in [0.29, 0.717) is 0 Å². The molecule has 2 N–H and O–H groups in total. The minimum Gasteiger partial charge on any atom is -0.381 e. The molecule has 2 heteroatoms. The Kier molecular flexibility index (Phi) is 3.53. The lowest BCUT2D eigenvalue weighted by Gasteiger charge is -2.25. The predicted molar refractivity (Wildman–Crippen MR) is 51.0 cm³/mol. The maximum atomic E-state index is 5.67. The van der Waals surface area contributed by atoms with Gasteiger partial charge in [0.25, 0.3) is 0 Å². The van der Waals surface area contributed by atoms with E-state index in [-0.39, 0.29) is 5.41 Å². The lowest BCUT2D eigenvalue weighted by Crippen LogP contribution is -2.31. The molecule has 0 heterocycles. The van der Waals surface area contributed by atoms with Gasteiger partial charge in [-0.15, -0.1) is 0 Å². The van der Waals surface area contributed by atoms with Crippen molar-refractivity contribution >= 4 is 0 Å². The highest BCUT2D eigenvalue weighted by Gasteiger charge is 2.24. The third kappa shape index (κ3) is 3.11. The molecule has 1 rings (SSSR count). The molecule has 2 nitrogen and oxygen atoms in total. The van der Waals surface area contributed by atoms with Crippen LogP contribution in [0.4, 0.5) is 0 Å². The van der Waals surface area contributed by atoms with E-state index in [2.05, 4.69) is 13.8 Å². The molecular formula is C10H21NO. The Morgan fingerprint density at radius 3 is 2.58 bits per heavy atom. The van der Waals surface area contributed by atoms with Gasteiger partial charge in [-0.3, -0.25) is 0 Å². The highest BCUT2D eigenvalue weighted by Crippen LogP contribution is 2.29. The molecule has 0 aromatic carbocycles. The number of hydrogen-bond acceptors (Lipinski definition) is 2. The van der Waals surface area contributed by atoms with Crippen LogP contribution in [0.2, 0.25) is 0 Å². The molecule has 0 amide bonds. The van der Waals surface area contributed by atoms with Crippen molar-refractivity contribution in [3.63, 3.8) is 0 Å². The van der Waals surface area contributed by atoms with E-state index in [1.165, 1.54) is 12.8 Å². The van der Waals surface area contributed by atoms with Crippen molar-refractivity contribution < 1.29 is 4.74 Å². The zero-order chi connectivity index (χ0) is 9.03. The van der Waals surface area contributed by atoms with Crippen molar-refractivity contribution in [1.29, 1.82) is 0 Å². The molecule has 1 aliphatic carbocycles. The number of hydrogen-bond donors (Lipinski definition) is 1. The van der Waals surface area contributed by atoms with Crippen LogP contribution in [-0.4, -0.2) is 19.8 Å². The van der Waals surface area contributed by atoms with E-state index >= 15 is 0 Å². The van der Waals surface area contributed by atoms with E-state index in [1.54, 1.807) is 0 Å². The summed E-state index contributed by atoms with van der Waals surface area (Å²) >= 11 is 0. The summed E-state index contributed by atoms with van der Waals surface area (Å²) in [5.74, 6) is 0.865. The third-order valence-corrected chi connectivity index (χ3v) is 2.85. The number of ether oxygens (including phenoxy) is 1. The molecule has 0 spiro atoms. The summed E-state index contributed by atoms with van der Waals surface area (Å²) in [6.07, 6.45) is 3.84. The molecule has 0 aromatic heterocycles. The summed E-state index contributed by atoms with van der Waals surface area (Å²) in [6.45, 7) is 6.88. The van der Waals surface area contributed by atoms with Crippen LogP contribution < -0.4 is 5.73 Å². The largest absolute Gasteiger partial charge is 0.381 e. The molecular weight excluding hydrogens is 150 g/mol. The fourth-order valence-electron chi connectivity index (χ4n) is 1.06. The van der Waals surface area contributed by atoms with E-state index in [9.17, 15) is 0 Å². The lowest BCUT2D eigenvalue weighted by molar-refractivity contribution is 0.0490. The van der Waals surface area contributed by atoms with Crippen LogP contribution in [0.5, 0.6) is 0 Å². The predicted octanol–water partition coefficient (Wildman–Crippen LogP) is 1.79. The first-order chi connectivity index (χ1) is 5.70. The molecule has 1 saturated carbocycles. The van der Waals surface area contributed by atoms with Crippen molar-refractivity contribution in [2.75, 3.05) is 19.8 Å². The summed E-state index contributed by atoms with van der Waals surface area (Å²) in [4.78, 5) is 0. The third-order valence-electron chi connectivity index (χ3n) is 2.85. The Hall–Kier alpha value is -0.0800. The van der Waals surface area contributed by atoms with Crippen LogP contribution in [0.15, 0.2) is 0 Å². The van der Waals surface area contributed by atoms with Gasteiger partial charge in [-0.05, 0) is 31.7 Å². The Labute approximate surface area is 75.5 Å². The summed E-state index contributed by atoms with van der Waals surface area (Å²) in [6, 6.07) is 0. The van der Waals surface area contributed by atoms with E-state index in [0.717, 1.165) is 32.1 Å². The van der Waals surface area contributed by atoms with Crippen molar-refractivity contribution in [2.45, 2.75) is 33.1 Å². The van der Waals surface area contributed by atoms with E-state index in [1.807, 2.05) is 0 Å². The maximum absolute atomic E-state index is 5.67. The van der Waals surface area contributed by atoms with Gasteiger partial charge < -0.3 is 10.5 Å². The van der Waals surface area contributed by atoms with Crippen LogP contribution >= 0.6 is 0 Å².